The Kier molecular flexibility index (Phi) is 13.7. The van der Waals surface area contributed by atoms with Gasteiger partial charge in [-0.15, -0.1) is 0 Å². The van der Waals surface area contributed by atoms with E-state index < -0.39 is 5.97 Å². The Morgan fingerprint density at radius 3 is 2.05 bits per heavy atom. The third-order valence-electron chi connectivity index (χ3n) is 8.28. The molecule has 0 aliphatic heterocycles. The molecular weight excluding hydrogens is 763 g/mol. The van der Waals surface area contributed by atoms with Gasteiger partial charge in [0.15, 0.2) is 11.4 Å². The van der Waals surface area contributed by atoms with Gasteiger partial charge in [-0.25, -0.2) is 9.50 Å². The number of halogens is 2. The first-order valence-corrected chi connectivity index (χ1v) is 18.1. The largest absolute Gasteiger partial charge is 0.495 e. The van der Waals surface area contributed by atoms with Crippen molar-refractivity contribution in [3.05, 3.63) is 105 Å². The molecule has 0 atom stereocenters. The second-order valence-corrected chi connectivity index (χ2v) is 12.5. The molecule has 0 fully saturated rings. The van der Waals surface area contributed by atoms with E-state index in [1.165, 1.54) is 23.8 Å². The van der Waals surface area contributed by atoms with E-state index in [9.17, 15) is 14.4 Å². The van der Waals surface area contributed by atoms with Gasteiger partial charge in [-0.3, -0.25) is 33.9 Å². The number of nitrogens with two attached hydrogens (primary N) is 1. The second-order valence-electron chi connectivity index (χ2n) is 11.7. The first kappa shape index (κ1) is 40.8. The molecule has 0 radical (unpaired) electrons. The quantitative estimate of drug-likeness (QED) is 0.0723. The maximum Gasteiger partial charge on any atom is 0.313 e. The number of nitrogens with zero attached hydrogens (tertiary/aromatic N) is 7. The van der Waals surface area contributed by atoms with Crippen molar-refractivity contribution in [3.63, 3.8) is 0 Å². The number of rotatable bonds is 11. The van der Waals surface area contributed by atoms with E-state index in [4.69, 9.17) is 48.1 Å². The number of carbonyl (C=O) groups excluding carboxylic acids is 2. The molecule has 0 spiro atoms. The molecule has 292 valence electrons. The van der Waals surface area contributed by atoms with Gasteiger partial charge in [-0.2, -0.15) is 15.3 Å². The van der Waals surface area contributed by atoms with Crippen LogP contribution in [-0.2, 0) is 22.6 Å². The van der Waals surface area contributed by atoms with E-state index in [2.05, 4.69) is 25.5 Å². The van der Waals surface area contributed by atoms with Crippen LogP contribution in [0.1, 0.15) is 37.6 Å². The van der Waals surface area contributed by atoms with Gasteiger partial charge in [0.2, 0.25) is 0 Å². The summed E-state index contributed by atoms with van der Waals surface area (Å²) < 4.78 is 20.1. The topological polar surface area (TPSA) is 202 Å². The molecule has 16 nitrogen and oxygen atoms in total. The van der Waals surface area contributed by atoms with Crippen molar-refractivity contribution in [1.82, 2.24) is 44.4 Å². The summed E-state index contributed by atoms with van der Waals surface area (Å²) in [7, 11) is 3.01. The van der Waals surface area contributed by atoms with Crippen molar-refractivity contribution in [1.29, 1.82) is 0 Å². The molecule has 5 heterocycles. The average Bonchev–Trinajstić information content (AvgIpc) is 4.02. The van der Waals surface area contributed by atoms with Crippen LogP contribution >= 0.6 is 23.2 Å². The average molecular weight is 804 g/mol. The molecule has 0 saturated carbocycles. The Labute approximate surface area is 331 Å². The highest BCUT2D eigenvalue weighted by molar-refractivity contribution is 6.32. The van der Waals surface area contributed by atoms with Gasteiger partial charge >= 0.3 is 5.97 Å². The van der Waals surface area contributed by atoms with Crippen molar-refractivity contribution in [3.8, 4) is 45.3 Å². The van der Waals surface area contributed by atoms with E-state index >= 15 is 0 Å². The predicted molar refractivity (Wildman–Crippen MR) is 213 cm³/mol. The number of esters is 1. The molecule has 2 aromatic carbocycles. The smallest absolute Gasteiger partial charge is 0.313 e. The van der Waals surface area contributed by atoms with Crippen LogP contribution in [0, 0.1) is 0 Å². The standard InChI is InChI=1S/C18H16ClN5O2.C12H13ClO4.C8H11N5/c1-3-23-15(6-7-20-23)12-10-21-24-17(25)9-14(22-18(12)24)11-4-5-13(19)16(8-11)26-2;1-3-17-12(15)7-10(14)8-4-5-9(13)11(6-8)16-2;1-2-13-7(3-4-11-13)6-5-10-12-8(6)9/h4-10,21H,3H2,1-2H3;4-6H,3,7H2,1-2H3;3-5H,2H2,1H3,(H3,9,10,12). The molecule has 0 bridgehead atoms. The molecule has 0 amide bonds. The number of ether oxygens (including phenoxy) is 3. The number of aromatic nitrogens is 9. The lowest BCUT2D eigenvalue weighted by molar-refractivity contribution is -0.141. The first-order valence-electron chi connectivity index (χ1n) is 17.3. The maximum absolute atomic E-state index is 12.5. The lowest BCUT2D eigenvalue weighted by Crippen LogP contribution is -2.14. The van der Waals surface area contributed by atoms with Gasteiger partial charge in [-0.1, -0.05) is 29.3 Å². The fraction of sp³-hybridized carbons (Fsp3) is 0.237. The fourth-order valence-corrected chi connectivity index (χ4v) is 5.93. The molecule has 18 heteroatoms. The number of aryl methyl sites for hydroxylation is 2. The third kappa shape index (κ3) is 9.27. The van der Waals surface area contributed by atoms with Crippen molar-refractivity contribution >= 4 is 46.4 Å². The number of hydrogen-bond donors (Lipinski definition) is 3. The number of fused-ring (bicyclic) bond motifs is 1. The van der Waals surface area contributed by atoms with E-state index in [0.717, 1.165) is 41.2 Å². The van der Waals surface area contributed by atoms with E-state index in [-0.39, 0.29) is 24.4 Å². The van der Waals surface area contributed by atoms with Crippen LogP contribution in [0.4, 0.5) is 5.82 Å². The van der Waals surface area contributed by atoms with Gasteiger partial charge in [-0.05, 0) is 63.2 Å². The number of benzene rings is 2. The van der Waals surface area contributed by atoms with Gasteiger partial charge in [0.05, 0.1) is 65.3 Å². The molecule has 5 aromatic heterocycles. The highest BCUT2D eigenvalue weighted by Crippen LogP contribution is 2.31. The minimum Gasteiger partial charge on any atom is -0.495 e. The number of ketones is 1. The summed E-state index contributed by atoms with van der Waals surface area (Å²) in [6.45, 7) is 7.54. The summed E-state index contributed by atoms with van der Waals surface area (Å²) in [5.41, 5.74) is 11.3. The second kappa shape index (κ2) is 18.8. The van der Waals surface area contributed by atoms with Gasteiger partial charge in [0.1, 0.15) is 23.7 Å². The van der Waals surface area contributed by atoms with E-state index in [1.807, 2.05) is 41.4 Å². The van der Waals surface area contributed by atoms with Gasteiger partial charge in [0.25, 0.3) is 5.56 Å². The van der Waals surface area contributed by atoms with E-state index in [0.29, 0.717) is 44.3 Å². The Morgan fingerprint density at radius 2 is 1.46 bits per heavy atom. The van der Waals surface area contributed by atoms with Crippen LogP contribution < -0.4 is 20.8 Å². The molecule has 4 N–H and O–H groups in total. The Morgan fingerprint density at radius 1 is 0.839 bits per heavy atom. The highest BCUT2D eigenvalue weighted by Gasteiger charge is 2.17. The summed E-state index contributed by atoms with van der Waals surface area (Å²) in [4.78, 5) is 40.1. The Hall–Kier alpha value is -6.39. The summed E-state index contributed by atoms with van der Waals surface area (Å²) in [5.74, 6) is 0.658. The molecule has 0 saturated heterocycles. The summed E-state index contributed by atoms with van der Waals surface area (Å²) >= 11 is 11.9. The van der Waals surface area contributed by atoms with Gasteiger partial charge < -0.3 is 19.9 Å². The number of nitrogens with one attached hydrogen (secondary N) is 2. The van der Waals surface area contributed by atoms with Crippen molar-refractivity contribution < 1.29 is 23.8 Å². The normalized spacial score (nSPS) is 10.6. The number of anilines is 1. The monoisotopic (exact) mass is 802 g/mol. The van der Waals surface area contributed by atoms with Crippen LogP contribution in [0.3, 0.4) is 0 Å². The molecule has 7 rings (SSSR count). The van der Waals surface area contributed by atoms with Crippen LogP contribution in [-0.4, -0.2) is 76.9 Å². The lowest BCUT2D eigenvalue weighted by atomic mass is 10.1. The molecule has 0 aliphatic carbocycles. The van der Waals surface area contributed by atoms with Crippen LogP contribution in [0.25, 0.3) is 39.4 Å². The summed E-state index contributed by atoms with van der Waals surface area (Å²) in [6, 6.07) is 15.2. The van der Waals surface area contributed by atoms with Crippen LogP contribution in [0.2, 0.25) is 10.0 Å². The number of H-pyrrole nitrogens is 2. The third-order valence-corrected chi connectivity index (χ3v) is 8.91. The number of nitrogen functional groups attached to an aromatic ring is 1. The minimum absolute atomic E-state index is 0.201. The number of aromatic amines is 2. The molecule has 56 heavy (non-hydrogen) atoms. The van der Waals surface area contributed by atoms with Crippen LogP contribution in [0.15, 0.2) is 84.2 Å². The number of carbonyl (C=O) groups is 2. The van der Waals surface area contributed by atoms with Gasteiger partial charge in [0, 0.05) is 48.9 Å². The van der Waals surface area contributed by atoms with Crippen molar-refractivity contribution in [2.75, 3.05) is 26.6 Å². The maximum atomic E-state index is 12.5. The Balaban J connectivity index is 0.000000173. The molecule has 0 unspecified atom stereocenters. The van der Waals surface area contributed by atoms with Crippen LogP contribution in [0.5, 0.6) is 11.5 Å². The van der Waals surface area contributed by atoms with Crippen molar-refractivity contribution in [2.24, 2.45) is 0 Å². The molecular formula is C38H40Cl2N10O6. The zero-order valence-electron chi connectivity index (χ0n) is 31.2. The van der Waals surface area contributed by atoms with E-state index in [1.54, 1.807) is 63.1 Å². The lowest BCUT2D eigenvalue weighted by Gasteiger charge is -2.07. The Bertz CT molecular complexity index is 2500. The summed E-state index contributed by atoms with van der Waals surface area (Å²) in [5, 5.41) is 18.9. The SMILES string of the molecule is CCOC(=O)CC(=O)c1ccc(Cl)c(OC)c1.CCn1nccc1-c1c[nH]n2c(=O)cc(-c3ccc(Cl)c(OC)c3)nc12.CCn1nccc1-c1cn[nH]c1N. The fourth-order valence-electron chi connectivity index (χ4n) is 5.54. The zero-order valence-corrected chi connectivity index (χ0v) is 32.8. The summed E-state index contributed by atoms with van der Waals surface area (Å²) in [6.07, 6.45) is 6.68. The number of hydrogen-bond acceptors (Lipinski definition) is 11. The number of methoxy groups -OCH3 is 2. The number of Topliss-reactive ketones (excluding diaryl/α,β-unsaturated/α-hetero) is 1. The van der Waals surface area contributed by atoms with Crippen molar-refractivity contribution in [2.45, 2.75) is 40.3 Å². The minimum atomic E-state index is -0.536. The zero-order chi connectivity index (χ0) is 40.4. The highest BCUT2D eigenvalue weighted by atomic mass is 35.5. The molecule has 0 aliphatic rings. The first-order chi connectivity index (χ1) is 27.0. The predicted octanol–water partition coefficient (Wildman–Crippen LogP) is 6.59. The molecule has 7 aromatic rings.